The number of nitrogens with zero attached hydrogens (tertiary/aromatic N) is 2. The maximum atomic E-state index is 13.5. The summed E-state index contributed by atoms with van der Waals surface area (Å²) in [5.41, 5.74) is 3.77. The summed E-state index contributed by atoms with van der Waals surface area (Å²) >= 11 is 0. The van der Waals surface area contributed by atoms with E-state index in [9.17, 15) is 4.79 Å². The second-order valence-electron chi connectivity index (χ2n) is 7.36. The van der Waals surface area contributed by atoms with Crippen molar-refractivity contribution in [1.29, 1.82) is 0 Å². The van der Waals surface area contributed by atoms with Crippen LogP contribution in [0.4, 0.5) is 0 Å². The van der Waals surface area contributed by atoms with E-state index in [1.807, 2.05) is 30.3 Å². The van der Waals surface area contributed by atoms with Crippen molar-refractivity contribution >= 4 is 16.7 Å². The number of carbonyl (C=O) groups is 1. The van der Waals surface area contributed by atoms with E-state index in [0.29, 0.717) is 5.56 Å². The van der Waals surface area contributed by atoms with Gasteiger partial charge >= 0.3 is 0 Å². The summed E-state index contributed by atoms with van der Waals surface area (Å²) in [6, 6.07) is 15.6. The molecule has 1 aliphatic rings. The maximum absolute atomic E-state index is 13.5. The molecule has 0 radical (unpaired) electrons. The van der Waals surface area contributed by atoms with Gasteiger partial charge in [0.1, 0.15) is 5.75 Å². The molecule has 2 aromatic carbocycles. The second kappa shape index (κ2) is 8.80. The monoisotopic (exact) mass is 392 g/mol. The van der Waals surface area contributed by atoms with Crippen molar-refractivity contribution in [3.05, 3.63) is 65.4 Å². The summed E-state index contributed by atoms with van der Waals surface area (Å²) in [6.07, 6.45) is 0.815. The number of para-hydroxylation sites is 1. The third-order valence-corrected chi connectivity index (χ3v) is 5.74. The first kappa shape index (κ1) is 19.7. The van der Waals surface area contributed by atoms with Crippen LogP contribution < -0.4 is 4.74 Å². The summed E-state index contributed by atoms with van der Waals surface area (Å²) in [7, 11) is 1.63. The number of hydrogen-bond acceptors (Lipinski definition) is 4. The number of carbonyl (C=O) groups excluding carboxylic acids is 1. The number of benzene rings is 2. The normalized spacial score (nSPS) is 15.0. The van der Waals surface area contributed by atoms with Crippen molar-refractivity contribution in [3.8, 4) is 5.75 Å². The van der Waals surface area contributed by atoms with Crippen LogP contribution in [0.1, 0.15) is 28.5 Å². The fourth-order valence-corrected chi connectivity index (χ4v) is 4.19. The Kier molecular flexibility index (Phi) is 5.97. The topological polar surface area (TPSA) is 43.7 Å². The fourth-order valence-electron chi connectivity index (χ4n) is 4.19. The Labute approximate surface area is 171 Å². The van der Waals surface area contributed by atoms with E-state index < -0.39 is 0 Å². The zero-order chi connectivity index (χ0) is 20.2. The Morgan fingerprint density at radius 2 is 1.76 bits per heavy atom. The highest BCUT2D eigenvalue weighted by Gasteiger charge is 2.23. The van der Waals surface area contributed by atoms with Gasteiger partial charge in [-0.2, -0.15) is 0 Å². The minimum atomic E-state index is 0.0748. The number of hydrogen-bond donors (Lipinski definition) is 0. The van der Waals surface area contributed by atoms with Crippen molar-refractivity contribution in [3.63, 3.8) is 0 Å². The quantitative estimate of drug-likeness (QED) is 0.574. The van der Waals surface area contributed by atoms with E-state index >= 15 is 0 Å². The lowest BCUT2D eigenvalue weighted by atomic mass is 9.99. The molecule has 0 saturated carbocycles. The Hall–Kier alpha value is -2.63. The predicted molar refractivity (Wildman–Crippen MR) is 115 cm³/mol. The lowest BCUT2D eigenvalue weighted by molar-refractivity contribution is 0.0364. The lowest BCUT2D eigenvalue weighted by Gasteiger charge is -2.27. The number of methoxy groups -OCH3 is 1. The molecule has 0 atom stereocenters. The van der Waals surface area contributed by atoms with E-state index in [2.05, 4.69) is 34.6 Å². The van der Waals surface area contributed by atoms with Gasteiger partial charge < -0.3 is 14.0 Å². The standard InChI is InChI=1S/C24H28N2O3/c1-3-21-23(24(27)18-8-10-19(28-2)11-9-18)20-6-4-5-7-22(20)26(21)13-12-25-14-16-29-17-15-25/h4-11H,3,12-17H2,1-2H3. The van der Waals surface area contributed by atoms with Gasteiger partial charge in [0.25, 0.3) is 0 Å². The number of rotatable bonds is 7. The molecule has 5 nitrogen and oxygen atoms in total. The minimum Gasteiger partial charge on any atom is -0.497 e. The molecule has 2 heterocycles. The van der Waals surface area contributed by atoms with Gasteiger partial charge in [-0.25, -0.2) is 0 Å². The number of ether oxygens (including phenoxy) is 2. The van der Waals surface area contributed by atoms with Crippen LogP contribution >= 0.6 is 0 Å². The molecule has 0 amide bonds. The average molecular weight is 392 g/mol. The molecule has 1 saturated heterocycles. The van der Waals surface area contributed by atoms with Gasteiger partial charge in [0.15, 0.2) is 5.78 Å². The Morgan fingerprint density at radius 3 is 2.45 bits per heavy atom. The number of fused-ring (bicyclic) bond motifs is 1. The third-order valence-electron chi connectivity index (χ3n) is 5.74. The predicted octanol–water partition coefficient (Wildman–Crippen LogP) is 3.78. The van der Waals surface area contributed by atoms with E-state index in [1.165, 1.54) is 0 Å². The Bertz CT molecular complexity index is 985. The van der Waals surface area contributed by atoms with E-state index in [0.717, 1.165) is 73.7 Å². The SMILES string of the molecule is CCc1c(C(=O)c2ccc(OC)cc2)c2ccccc2n1CCN1CCOCC1. The molecule has 1 aromatic heterocycles. The first-order valence-electron chi connectivity index (χ1n) is 10.3. The zero-order valence-electron chi connectivity index (χ0n) is 17.2. The van der Waals surface area contributed by atoms with Gasteiger partial charge in [0.2, 0.25) is 0 Å². The molecule has 1 aliphatic heterocycles. The van der Waals surface area contributed by atoms with Crippen LogP contribution in [-0.4, -0.2) is 55.2 Å². The molecule has 3 aromatic rings. The van der Waals surface area contributed by atoms with Crippen molar-refractivity contribution < 1.29 is 14.3 Å². The lowest BCUT2D eigenvalue weighted by Crippen LogP contribution is -2.38. The van der Waals surface area contributed by atoms with Crippen LogP contribution in [0, 0.1) is 0 Å². The van der Waals surface area contributed by atoms with E-state index in [4.69, 9.17) is 9.47 Å². The van der Waals surface area contributed by atoms with Gasteiger partial charge in [-0.3, -0.25) is 9.69 Å². The second-order valence-corrected chi connectivity index (χ2v) is 7.36. The number of morpholine rings is 1. The van der Waals surface area contributed by atoms with Crippen LogP contribution in [0.25, 0.3) is 10.9 Å². The van der Waals surface area contributed by atoms with Gasteiger partial charge in [-0.15, -0.1) is 0 Å². The molecule has 0 spiro atoms. The summed E-state index contributed by atoms with van der Waals surface area (Å²) in [5.74, 6) is 0.830. The van der Waals surface area contributed by atoms with Crippen LogP contribution in [0.2, 0.25) is 0 Å². The number of ketones is 1. The summed E-state index contributed by atoms with van der Waals surface area (Å²) < 4.78 is 13.0. The van der Waals surface area contributed by atoms with Crippen molar-refractivity contribution in [2.75, 3.05) is 40.0 Å². The van der Waals surface area contributed by atoms with Crippen molar-refractivity contribution in [2.45, 2.75) is 19.9 Å². The van der Waals surface area contributed by atoms with E-state index in [-0.39, 0.29) is 5.78 Å². The average Bonchev–Trinajstić information content (AvgIpc) is 3.11. The highest BCUT2D eigenvalue weighted by atomic mass is 16.5. The molecule has 29 heavy (non-hydrogen) atoms. The fraction of sp³-hybridized carbons (Fsp3) is 0.375. The highest BCUT2D eigenvalue weighted by molar-refractivity contribution is 6.17. The molecule has 0 aliphatic carbocycles. The molecule has 5 heteroatoms. The summed E-state index contributed by atoms with van der Waals surface area (Å²) in [5, 5.41) is 1.03. The maximum Gasteiger partial charge on any atom is 0.195 e. The minimum absolute atomic E-state index is 0.0748. The zero-order valence-corrected chi connectivity index (χ0v) is 17.2. The highest BCUT2D eigenvalue weighted by Crippen LogP contribution is 2.29. The molecule has 152 valence electrons. The molecule has 0 bridgehead atoms. The first-order valence-corrected chi connectivity index (χ1v) is 10.3. The Balaban J connectivity index is 1.72. The van der Waals surface area contributed by atoms with Gasteiger partial charge in [-0.05, 0) is 36.8 Å². The van der Waals surface area contributed by atoms with Crippen molar-refractivity contribution in [2.24, 2.45) is 0 Å². The van der Waals surface area contributed by atoms with E-state index in [1.54, 1.807) is 7.11 Å². The van der Waals surface area contributed by atoms with Crippen LogP contribution in [-0.2, 0) is 17.7 Å². The summed E-state index contributed by atoms with van der Waals surface area (Å²) in [4.78, 5) is 15.9. The molecule has 4 rings (SSSR count). The van der Waals surface area contributed by atoms with Gasteiger partial charge in [-0.1, -0.05) is 25.1 Å². The number of aromatic nitrogens is 1. The largest absolute Gasteiger partial charge is 0.497 e. The molecule has 0 unspecified atom stereocenters. The molecular weight excluding hydrogens is 364 g/mol. The molecular formula is C24H28N2O3. The summed E-state index contributed by atoms with van der Waals surface area (Å²) in [6.45, 7) is 7.51. The van der Waals surface area contributed by atoms with Gasteiger partial charge in [0, 0.05) is 48.3 Å². The molecule has 1 fully saturated rings. The first-order chi connectivity index (χ1) is 14.2. The van der Waals surface area contributed by atoms with Crippen LogP contribution in [0.5, 0.6) is 5.75 Å². The van der Waals surface area contributed by atoms with Gasteiger partial charge in [0.05, 0.1) is 25.9 Å². The Morgan fingerprint density at radius 1 is 1.03 bits per heavy atom. The van der Waals surface area contributed by atoms with Crippen molar-refractivity contribution in [1.82, 2.24) is 9.47 Å². The molecule has 0 N–H and O–H groups in total. The third kappa shape index (κ3) is 3.93. The van der Waals surface area contributed by atoms with Crippen LogP contribution in [0.15, 0.2) is 48.5 Å². The smallest absolute Gasteiger partial charge is 0.195 e. The van der Waals surface area contributed by atoms with Crippen LogP contribution in [0.3, 0.4) is 0 Å².